The van der Waals surface area contributed by atoms with Gasteiger partial charge in [-0.05, 0) is 64.3 Å². The normalized spacial score (nSPS) is 15.4. The van der Waals surface area contributed by atoms with E-state index in [1.165, 1.54) is 57.4 Å². The summed E-state index contributed by atoms with van der Waals surface area (Å²) in [5, 5.41) is 0.311. The third-order valence-electron chi connectivity index (χ3n) is 5.58. The van der Waals surface area contributed by atoms with Gasteiger partial charge < -0.3 is 14.2 Å². The van der Waals surface area contributed by atoms with E-state index in [1.54, 1.807) is 6.07 Å². The fourth-order valence-electron chi connectivity index (χ4n) is 4.02. The maximum Gasteiger partial charge on any atom is 0.434 e. The first-order chi connectivity index (χ1) is 18.8. The number of ether oxygens (including phenoxy) is 3. The quantitative estimate of drug-likeness (QED) is 0.282. The molecule has 2 heterocycles. The summed E-state index contributed by atoms with van der Waals surface area (Å²) in [5.41, 5.74) is -2.34. The highest BCUT2D eigenvalue weighted by molar-refractivity contribution is 9.10. The number of halogens is 5. The predicted octanol–water partition coefficient (Wildman–Crippen LogP) is 4.69. The molecule has 0 saturated carbocycles. The van der Waals surface area contributed by atoms with Crippen molar-refractivity contribution >= 4 is 56.9 Å². The molecule has 0 unspecified atom stereocenters. The largest absolute Gasteiger partial charge is 0.493 e. The number of methoxy groups -OCH3 is 1. The molecular formula is C26H19BrClF3N2O6S. The molecule has 0 bridgehead atoms. The van der Waals surface area contributed by atoms with Gasteiger partial charge in [-0.1, -0.05) is 35.1 Å². The van der Waals surface area contributed by atoms with Gasteiger partial charge in [-0.2, -0.15) is 13.2 Å². The summed E-state index contributed by atoms with van der Waals surface area (Å²) < 4.78 is 59.5. The van der Waals surface area contributed by atoms with Crippen molar-refractivity contribution in [2.45, 2.75) is 26.1 Å². The van der Waals surface area contributed by atoms with E-state index < -0.39 is 41.0 Å². The molecule has 40 heavy (non-hydrogen) atoms. The Balaban J connectivity index is 2.00. The van der Waals surface area contributed by atoms with Gasteiger partial charge in [0.1, 0.15) is 0 Å². The average molecular weight is 660 g/mol. The number of hydrogen-bond donors (Lipinski definition) is 0. The van der Waals surface area contributed by atoms with Crippen LogP contribution in [0.5, 0.6) is 11.5 Å². The number of benzene rings is 2. The Labute approximate surface area is 242 Å². The number of thiazole rings is 1. The number of alkyl halides is 3. The minimum atomic E-state index is -5.02. The van der Waals surface area contributed by atoms with Gasteiger partial charge in [-0.15, -0.1) is 0 Å². The van der Waals surface area contributed by atoms with Gasteiger partial charge in [0.25, 0.3) is 5.56 Å². The molecule has 0 radical (unpaired) electrons. The summed E-state index contributed by atoms with van der Waals surface area (Å²) in [6, 6.07) is 7.29. The molecule has 8 nitrogen and oxygen atoms in total. The van der Waals surface area contributed by atoms with E-state index in [9.17, 15) is 27.6 Å². The summed E-state index contributed by atoms with van der Waals surface area (Å²) >= 11 is 10.0. The molecule has 0 saturated heterocycles. The monoisotopic (exact) mass is 658 g/mol. The lowest BCUT2D eigenvalue weighted by atomic mass is 9.95. The van der Waals surface area contributed by atoms with E-state index in [0.717, 1.165) is 4.57 Å². The van der Waals surface area contributed by atoms with Crippen molar-refractivity contribution < 1.29 is 37.0 Å². The first kappa shape index (κ1) is 29.6. The van der Waals surface area contributed by atoms with Crippen LogP contribution in [0.15, 0.2) is 61.9 Å². The van der Waals surface area contributed by atoms with Gasteiger partial charge in [0.05, 0.1) is 34.3 Å². The van der Waals surface area contributed by atoms with Crippen molar-refractivity contribution in [3.63, 3.8) is 0 Å². The second-order valence-electron chi connectivity index (χ2n) is 8.24. The van der Waals surface area contributed by atoms with Crippen LogP contribution in [0.2, 0.25) is 5.02 Å². The Kier molecular flexibility index (Phi) is 8.57. The molecule has 14 heteroatoms. The Morgan fingerprint density at radius 1 is 1.23 bits per heavy atom. The van der Waals surface area contributed by atoms with Crippen LogP contribution < -0.4 is 24.4 Å². The van der Waals surface area contributed by atoms with Crippen molar-refractivity contribution in [2.24, 2.45) is 4.99 Å². The van der Waals surface area contributed by atoms with Crippen LogP contribution in [0, 0.1) is 0 Å². The topological polar surface area (TPSA) is 96.2 Å². The fourth-order valence-corrected chi connectivity index (χ4v) is 5.69. The molecule has 0 aliphatic carbocycles. The van der Waals surface area contributed by atoms with Crippen LogP contribution in [0.3, 0.4) is 0 Å². The van der Waals surface area contributed by atoms with Crippen molar-refractivity contribution in [2.75, 3.05) is 13.7 Å². The zero-order valence-electron chi connectivity index (χ0n) is 21.0. The molecule has 0 spiro atoms. The minimum Gasteiger partial charge on any atom is -0.493 e. The van der Waals surface area contributed by atoms with E-state index in [1.807, 2.05) is 0 Å². The first-order valence-corrected chi connectivity index (χ1v) is 13.5. The first-order valence-electron chi connectivity index (χ1n) is 11.5. The number of carbonyl (C=O) groups excluding carboxylic acids is 2. The number of esters is 2. The van der Waals surface area contributed by atoms with Crippen LogP contribution >= 0.6 is 38.9 Å². The Hall–Kier alpha value is -3.42. The summed E-state index contributed by atoms with van der Waals surface area (Å²) in [6.07, 6.45) is -3.60. The standard InChI is InChI=1S/C26H19BrClF3N2O6S/c1-4-38-24(36)19-20(14-5-7-15(28)8-6-14)33-23(35)18(40-25(33)32-22(19)26(29,30)31)11-13-9-16(27)21(39-12(2)34)17(10-13)37-3/h5-11,20H,4H2,1-3H3/b18-11-/t20-/m0/s1. The number of aromatic nitrogens is 1. The van der Waals surface area contributed by atoms with Crippen LogP contribution in [0.1, 0.15) is 31.0 Å². The Morgan fingerprint density at radius 3 is 2.48 bits per heavy atom. The number of nitrogens with zero attached hydrogens (tertiary/aromatic N) is 2. The second kappa shape index (κ2) is 11.6. The van der Waals surface area contributed by atoms with E-state index >= 15 is 0 Å². The molecule has 0 amide bonds. The number of carbonyl (C=O) groups is 2. The summed E-state index contributed by atoms with van der Waals surface area (Å²) in [4.78, 5) is 41.5. The maximum atomic E-state index is 14.2. The maximum absolute atomic E-state index is 14.2. The lowest BCUT2D eigenvalue weighted by Crippen LogP contribution is -2.41. The van der Waals surface area contributed by atoms with Crippen molar-refractivity contribution in [3.8, 4) is 11.5 Å². The minimum absolute atomic E-state index is 0.0264. The molecule has 3 aromatic rings. The van der Waals surface area contributed by atoms with Gasteiger partial charge in [0.2, 0.25) is 0 Å². The highest BCUT2D eigenvalue weighted by atomic mass is 79.9. The second-order valence-corrected chi connectivity index (χ2v) is 10.5. The van der Waals surface area contributed by atoms with Gasteiger partial charge in [0.15, 0.2) is 22.0 Å². The summed E-state index contributed by atoms with van der Waals surface area (Å²) in [5.74, 6) is -1.54. The molecule has 2 aromatic carbocycles. The average Bonchev–Trinajstić information content (AvgIpc) is 3.19. The number of rotatable bonds is 6. The van der Waals surface area contributed by atoms with Crippen LogP contribution in [-0.4, -0.2) is 36.4 Å². The van der Waals surface area contributed by atoms with E-state index in [4.69, 9.17) is 25.8 Å². The third kappa shape index (κ3) is 5.86. The molecule has 210 valence electrons. The number of hydrogen-bond acceptors (Lipinski definition) is 8. The fraction of sp³-hybridized carbons (Fsp3) is 0.231. The van der Waals surface area contributed by atoms with Gasteiger partial charge in [-0.25, -0.2) is 9.79 Å². The van der Waals surface area contributed by atoms with Gasteiger partial charge >= 0.3 is 18.1 Å². The van der Waals surface area contributed by atoms with Crippen molar-refractivity contribution in [3.05, 3.63) is 88.0 Å². The molecule has 1 aliphatic rings. The smallest absolute Gasteiger partial charge is 0.434 e. The van der Waals surface area contributed by atoms with E-state index in [0.29, 0.717) is 26.4 Å². The van der Waals surface area contributed by atoms with Crippen molar-refractivity contribution in [1.82, 2.24) is 4.57 Å². The third-order valence-corrected chi connectivity index (χ3v) is 7.40. The Morgan fingerprint density at radius 2 is 1.90 bits per heavy atom. The number of fused-ring (bicyclic) bond motifs is 1. The van der Waals surface area contributed by atoms with Gasteiger partial charge in [0, 0.05) is 11.9 Å². The summed E-state index contributed by atoms with van der Waals surface area (Å²) in [6.45, 7) is 2.49. The molecule has 0 fully saturated rings. The van der Waals surface area contributed by atoms with Crippen LogP contribution in [0.25, 0.3) is 6.08 Å². The van der Waals surface area contributed by atoms with Crippen LogP contribution in [-0.2, 0) is 14.3 Å². The molecule has 0 N–H and O–H groups in total. The molecule has 1 aliphatic heterocycles. The molecule has 4 rings (SSSR count). The van der Waals surface area contributed by atoms with Crippen LogP contribution in [0.4, 0.5) is 13.2 Å². The SMILES string of the molecule is CCOC(=O)C1=C(C(F)(F)F)N=c2s/c(=C\c3cc(Br)c(OC(C)=O)c(OC)c3)c(=O)n2[C@H]1c1ccc(Cl)cc1. The highest BCUT2D eigenvalue weighted by Gasteiger charge is 2.45. The molecule has 1 atom stereocenters. The number of allylic oxidation sites excluding steroid dienone is 1. The lowest BCUT2D eigenvalue weighted by Gasteiger charge is -2.26. The molecular weight excluding hydrogens is 641 g/mol. The Bertz CT molecular complexity index is 1710. The molecule has 1 aromatic heterocycles. The zero-order valence-corrected chi connectivity index (χ0v) is 24.1. The van der Waals surface area contributed by atoms with E-state index in [-0.39, 0.29) is 33.0 Å². The van der Waals surface area contributed by atoms with Gasteiger partial charge in [-0.3, -0.25) is 14.2 Å². The summed E-state index contributed by atoms with van der Waals surface area (Å²) in [7, 11) is 1.36. The predicted molar refractivity (Wildman–Crippen MR) is 144 cm³/mol. The lowest BCUT2D eigenvalue weighted by molar-refractivity contribution is -0.140. The zero-order chi connectivity index (χ0) is 29.4. The van der Waals surface area contributed by atoms with Crippen molar-refractivity contribution in [1.29, 1.82) is 0 Å². The van der Waals surface area contributed by atoms with E-state index in [2.05, 4.69) is 20.9 Å². The highest BCUT2D eigenvalue weighted by Crippen LogP contribution is 2.39.